The summed E-state index contributed by atoms with van der Waals surface area (Å²) in [7, 11) is 0. The van der Waals surface area contributed by atoms with Crippen LogP contribution in [0.5, 0.6) is 0 Å². The van der Waals surface area contributed by atoms with Crippen molar-refractivity contribution in [1.82, 2.24) is 29.9 Å². The van der Waals surface area contributed by atoms with Crippen LogP contribution in [0.15, 0.2) is 128 Å². The minimum absolute atomic E-state index is 0.824. The van der Waals surface area contributed by atoms with E-state index in [0.717, 1.165) is 89.3 Å². The zero-order valence-electron chi connectivity index (χ0n) is 34.1. The lowest BCUT2D eigenvalue weighted by molar-refractivity contribution is 1.17. The van der Waals surface area contributed by atoms with Gasteiger partial charge in [0.2, 0.25) is 0 Å². The number of aromatic nitrogens is 6. The van der Waals surface area contributed by atoms with Crippen LogP contribution in [0.3, 0.4) is 0 Å². The first-order valence-corrected chi connectivity index (χ1v) is 20.2. The Kier molecular flexibility index (Phi) is 8.71. The summed E-state index contributed by atoms with van der Waals surface area (Å²) in [5, 5.41) is 0. The lowest BCUT2D eigenvalue weighted by Gasteiger charge is -2.15. The predicted molar refractivity (Wildman–Crippen MR) is 246 cm³/mol. The number of hydrogen-bond acceptors (Lipinski definition) is 3. The van der Waals surface area contributed by atoms with E-state index in [1.807, 2.05) is 12.1 Å². The van der Waals surface area contributed by atoms with Gasteiger partial charge in [-0.05, 0) is 123 Å². The maximum absolute atomic E-state index is 5.62. The number of H-pyrrole nitrogens is 3. The standard InChI is InChI=1S/C53H44N6/c1-30-25-32(3)46(33(4)26-30)48-40-19-17-38(56-40)39-18-20-41(57-39)49(47-34(5)27-31(2)28-35(47)6)43-22-24-45(59-43)50(44-23-21-42(48)58-44)51-52(36-13-9-7-10-14-36)54-29-55-53(51)37-15-11-8-12-16-37/h7-29,56-58H,1-6H3. The summed E-state index contributed by atoms with van der Waals surface area (Å²) in [6.07, 6.45) is 6.00. The second-order valence-electron chi connectivity index (χ2n) is 15.9. The molecular weight excluding hydrogens is 721 g/mol. The highest BCUT2D eigenvalue weighted by atomic mass is 14.9. The average molecular weight is 765 g/mol. The summed E-state index contributed by atoms with van der Waals surface area (Å²) in [5.41, 5.74) is 25.0. The molecule has 10 rings (SSSR count). The van der Waals surface area contributed by atoms with Crippen molar-refractivity contribution in [2.45, 2.75) is 41.5 Å². The van der Waals surface area contributed by atoms with Gasteiger partial charge in [0.1, 0.15) is 6.33 Å². The molecule has 0 unspecified atom stereocenters. The minimum Gasteiger partial charge on any atom is -0.354 e. The monoisotopic (exact) mass is 764 g/mol. The number of aromatic amines is 3. The molecule has 6 heteroatoms. The highest BCUT2D eigenvalue weighted by Crippen LogP contribution is 2.44. The predicted octanol–water partition coefficient (Wildman–Crippen LogP) is 13.7. The third kappa shape index (κ3) is 6.25. The molecule has 0 spiro atoms. The summed E-state index contributed by atoms with van der Waals surface area (Å²) in [4.78, 5) is 27.3. The quantitative estimate of drug-likeness (QED) is 0.163. The van der Waals surface area contributed by atoms with Gasteiger partial charge in [-0.15, -0.1) is 0 Å². The number of benzene rings is 4. The normalized spacial score (nSPS) is 11.8. The van der Waals surface area contributed by atoms with Gasteiger partial charge < -0.3 is 15.0 Å². The van der Waals surface area contributed by atoms with Gasteiger partial charge in [-0.25, -0.2) is 15.0 Å². The molecule has 5 aromatic heterocycles. The Morgan fingerprint density at radius 2 is 0.712 bits per heavy atom. The lowest BCUT2D eigenvalue weighted by Crippen LogP contribution is -1.99. The van der Waals surface area contributed by atoms with Crippen molar-refractivity contribution in [1.29, 1.82) is 0 Å². The largest absolute Gasteiger partial charge is 0.354 e. The Balaban J connectivity index is 1.44. The maximum Gasteiger partial charge on any atom is 0.116 e. The highest BCUT2D eigenvalue weighted by molar-refractivity contribution is 6.04. The molecule has 0 saturated heterocycles. The lowest BCUT2D eigenvalue weighted by atomic mass is 9.92. The molecular formula is C53H44N6. The van der Waals surface area contributed by atoms with Gasteiger partial charge in [0.25, 0.3) is 0 Å². The van der Waals surface area contributed by atoms with Gasteiger partial charge in [0, 0.05) is 55.4 Å². The molecule has 9 aromatic rings. The molecule has 6 nitrogen and oxygen atoms in total. The van der Waals surface area contributed by atoms with Crippen LogP contribution in [0.4, 0.5) is 0 Å². The number of rotatable bonds is 5. The summed E-state index contributed by atoms with van der Waals surface area (Å²) >= 11 is 0. The van der Waals surface area contributed by atoms with Gasteiger partial charge in [-0.1, -0.05) is 96.1 Å². The number of aryl methyl sites for hydroxylation is 6. The minimum atomic E-state index is 0.824. The molecule has 59 heavy (non-hydrogen) atoms. The van der Waals surface area contributed by atoms with Crippen molar-refractivity contribution in [2.24, 2.45) is 0 Å². The van der Waals surface area contributed by atoms with Gasteiger partial charge in [-0.2, -0.15) is 0 Å². The molecule has 4 aromatic carbocycles. The van der Waals surface area contributed by atoms with Gasteiger partial charge >= 0.3 is 0 Å². The molecule has 0 radical (unpaired) electrons. The molecule has 286 valence electrons. The highest BCUT2D eigenvalue weighted by Gasteiger charge is 2.24. The summed E-state index contributed by atoms with van der Waals surface area (Å²) < 4.78 is 0. The summed E-state index contributed by atoms with van der Waals surface area (Å²) in [6, 6.07) is 43.0. The number of hydrogen-bond donors (Lipinski definition) is 3. The Morgan fingerprint density at radius 1 is 0.356 bits per heavy atom. The zero-order chi connectivity index (χ0) is 40.4. The summed E-state index contributed by atoms with van der Waals surface area (Å²) in [6.45, 7) is 13.1. The number of fused-ring (bicyclic) bond motifs is 9. The van der Waals surface area contributed by atoms with E-state index in [0.29, 0.717) is 0 Å². The Bertz CT molecular complexity index is 3160. The van der Waals surface area contributed by atoms with Crippen LogP contribution in [0.25, 0.3) is 101 Å². The number of nitrogens with one attached hydrogen (secondary N) is 3. The maximum atomic E-state index is 5.62. The smallest absolute Gasteiger partial charge is 0.116 e. The van der Waals surface area contributed by atoms with Crippen molar-refractivity contribution in [2.75, 3.05) is 0 Å². The zero-order valence-corrected chi connectivity index (χ0v) is 34.1. The van der Waals surface area contributed by atoms with E-state index in [9.17, 15) is 0 Å². The fraction of sp³-hybridized carbons (Fsp3) is 0.113. The fourth-order valence-corrected chi connectivity index (χ4v) is 9.34. The van der Waals surface area contributed by atoms with Gasteiger partial charge in [0.15, 0.2) is 0 Å². The van der Waals surface area contributed by atoms with E-state index in [-0.39, 0.29) is 0 Å². The van der Waals surface area contributed by atoms with Crippen molar-refractivity contribution < 1.29 is 0 Å². The second-order valence-corrected chi connectivity index (χ2v) is 15.9. The molecule has 6 heterocycles. The summed E-state index contributed by atoms with van der Waals surface area (Å²) in [5.74, 6) is 0. The van der Waals surface area contributed by atoms with Crippen LogP contribution >= 0.6 is 0 Å². The molecule has 0 atom stereocenters. The van der Waals surface area contributed by atoms with E-state index >= 15 is 0 Å². The Hall–Kier alpha value is -7.31. The van der Waals surface area contributed by atoms with Gasteiger partial charge in [-0.3, -0.25) is 0 Å². The SMILES string of the molecule is Cc1cc(C)c(-c2c3nc(c(-c4c(-c5ccccc5)ncnc4-c4ccccc4)c4ccc([nH]4)c(-c4c(C)cc(C)cc4C)c4ccc([nH]4)c4ccc2[nH]4)C=C3)c(C)c1. The van der Waals surface area contributed by atoms with Crippen LogP contribution in [0.1, 0.15) is 44.8 Å². The Labute approximate surface area is 343 Å². The molecule has 0 saturated carbocycles. The van der Waals surface area contributed by atoms with Crippen LogP contribution in [0, 0.1) is 41.5 Å². The molecule has 1 aliphatic heterocycles. The Morgan fingerprint density at radius 3 is 1.15 bits per heavy atom. The number of nitrogens with zero attached hydrogens (tertiary/aromatic N) is 3. The topological polar surface area (TPSA) is 86.0 Å². The van der Waals surface area contributed by atoms with Crippen molar-refractivity contribution >= 4 is 45.3 Å². The van der Waals surface area contributed by atoms with E-state index in [4.69, 9.17) is 15.0 Å². The molecule has 1 aliphatic rings. The first-order valence-electron chi connectivity index (χ1n) is 20.2. The van der Waals surface area contributed by atoms with Crippen LogP contribution in [-0.2, 0) is 0 Å². The average Bonchev–Trinajstić information content (AvgIpc) is 4.07. The third-order valence-electron chi connectivity index (χ3n) is 11.6. The van der Waals surface area contributed by atoms with Crippen molar-refractivity contribution in [3.63, 3.8) is 0 Å². The molecule has 0 aliphatic carbocycles. The second kappa shape index (κ2) is 14.3. The van der Waals surface area contributed by atoms with Crippen LogP contribution in [0.2, 0.25) is 0 Å². The van der Waals surface area contributed by atoms with Crippen molar-refractivity contribution in [3.8, 4) is 55.9 Å². The first kappa shape index (κ1) is 36.1. The van der Waals surface area contributed by atoms with Crippen LogP contribution in [-0.4, -0.2) is 29.9 Å². The molecule has 0 fully saturated rings. The van der Waals surface area contributed by atoms with E-state index < -0.39 is 0 Å². The van der Waals surface area contributed by atoms with Gasteiger partial charge in [0.05, 0.1) is 33.8 Å². The van der Waals surface area contributed by atoms with Crippen LogP contribution < -0.4 is 0 Å². The fourth-order valence-electron chi connectivity index (χ4n) is 9.34. The van der Waals surface area contributed by atoms with E-state index in [2.05, 4.69) is 178 Å². The first-order chi connectivity index (χ1) is 28.7. The molecule has 8 bridgehead atoms. The van der Waals surface area contributed by atoms with Crippen molar-refractivity contribution in [3.05, 3.63) is 172 Å². The third-order valence-corrected chi connectivity index (χ3v) is 11.6. The van der Waals surface area contributed by atoms with E-state index in [1.165, 1.54) is 44.5 Å². The molecule has 3 N–H and O–H groups in total. The molecule has 0 amide bonds. The van der Waals surface area contributed by atoms with E-state index in [1.54, 1.807) is 6.33 Å².